The lowest BCUT2D eigenvalue weighted by atomic mass is 10.2. The molecule has 0 aliphatic heterocycles. The first-order valence-electron chi connectivity index (χ1n) is 7.96. The third-order valence-electron chi connectivity index (χ3n) is 3.52. The molecule has 0 bridgehead atoms. The van der Waals surface area contributed by atoms with Gasteiger partial charge in [0, 0.05) is 33.1 Å². The topological polar surface area (TPSA) is 103 Å². The number of halogens is 2. The number of hydrogen-bond donors (Lipinski definition) is 2. The summed E-state index contributed by atoms with van der Waals surface area (Å²) in [4.78, 5) is 12.3. The van der Waals surface area contributed by atoms with E-state index in [1.165, 1.54) is 55.4 Å². The molecule has 0 fully saturated rings. The first-order valence-corrected chi connectivity index (χ1v) is 10.0. The molecule has 0 saturated carbocycles. The molecule has 1 atom stereocenters. The molecule has 3 rings (SSSR count). The maximum absolute atomic E-state index is 13.9. The third-order valence-corrected chi connectivity index (χ3v) is 4.26. The van der Waals surface area contributed by atoms with Crippen molar-refractivity contribution < 1.29 is 17.7 Å². The number of nitrogens with zero attached hydrogens (tertiary/aromatic N) is 3. The third kappa shape index (κ3) is 4.99. The fraction of sp³-hybridized carbons (Fsp3) is 0.111. The largest absolute Gasteiger partial charge is 0.496 e. The standard InChI is InChI=1S/C18H17F2N5O2S/c1-27-16-8-12(19)3-4-15(16)17-22-10-23-18(25-17)24-14-6-11(5-13(20)7-14)9-28(2,21)26/h3-10H,1-2H3,(H2,21,26)(H,22,23,24,25). The average molecular weight is 405 g/mol. The molecule has 1 unspecified atom stereocenters. The highest BCUT2D eigenvalue weighted by Gasteiger charge is 2.12. The van der Waals surface area contributed by atoms with Crippen LogP contribution in [-0.2, 0) is 9.71 Å². The molecule has 2 aromatic carbocycles. The van der Waals surface area contributed by atoms with Gasteiger partial charge >= 0.3 is 0 Å². The van der Waals surface area contributed by atoms with E-state index in [0.717, 1.165) is 0 Å². The lowest BCUT2D eigenvalue weighted by Gasteiger charge is -2.10. The van der Waals surface area contributed by atoms with Gasteiger partial charge in [-0.2, -0.15) is 4.98 Å². The minimum absolute atomic E-state index is 0.137. The van der Waals surface area contributed by atoms with Crippen molar-refractivity contribution in [2.75, 3.05) is 18.7 Å². The Labute approximate surface area is 160 Å². The van der Waals surface area contributed by atoms with E-state index in [1.807, 2.05) is 0 Å². The molecule has 0 saturated heterocycles. The highest BCUT2D eigenvalue weighted by Crippen LogP contribution is 2.28. The van der Waals surface area contributed by atoms with E-state index in [-0.39, 0.29) is 17.5 Å². The van der Waals surface area contributed by atoms with Gasteiger partial charge in [0.1, 0.15) is 23.7 Å². The number of benzene rings is 2. The van der Waals surface area contributed by atoms with Crippen molar-refractivity contribution in [3.63, 3.8) is 0 Å². The van der Waals surface area contributed by atoms with Crippen molar-refractivity contribution in [1.29, 1.82) is 0 Å². The summed E-state index contributed by atoms with van der Waals surface area (Å²) < 4.78 is 44.2. The van der Waals surface area contributed by atoms with Gasteiger partial charge in [-0.1, -0.05) is 0 Å². The lowest BCUT2D eigenvalue weighted by Crippen LogP contribution is -2.13. The minimum atomic E-state index is -2.69. The van der Waals surface area contributed by atoms with E-state index in [0.29, 0.717) is 16.8 Å². The van der Waals surface area contributed by atoms with Crippen LogP contribution in [0.4, 0.5) is 20.4 Å². The second kappa shape index (κ2) is 7.87. The average Bonchev–Trinajstić information content (AvgIpc) is 2.59. The molecule has 1 heterocycles. The fourth-order valence-corrected chi connectivity index (χ4v) is 3.16. The van der Waals surface area contributed by atoms with Crippen molar-refractivity contribution in [2.24, 2.45) is 5.14 Å². The molecule has 0 radical (unpaired) electrons. The number of aromatic nitrogens is 3. The van der Waals surface area contributed by atoms with Crippen molar-refractivity contribution in [1.82, 2.24) is 15.0 Å². The molecule has 3 N–H and O–H groups in total. The maximum atomic E-state index is 13.9. The zero-order valence-corrected chi connectivity index (χ0v) is 15.8. The quantitative estimate of drug-likeness (QED) is 0.633. The van der Waals surface area contributed by atoms with Crippen molar-refractivity contribution in [2.45, 2.75) is 0 Å². The highest BCUT2D eigenvalue weighted by molar-refractivity contribution is 7.98. The predicted molar refractivity (Wildman–Crippen MR) is 105 cm³/mol. The van der Waals surface area contributed by atoms with Gasteiger partial charge in [0.15, 0.2) is 5.82 Å². The smallest absolute Gasteiger partial charge is 0.230 e. The van der Waals surface area contributed by atoms with Crippen LogP contribution in [0.2, 0.25) is 0 Å². The van der Waals surface area contributed by atoms with E-state index in [1.54, 1.807) is 6.07 Å². The van der Waals surface area contributed by atoms with Crippen LogP contribution in [0.25, 0.3) is 11.4 Å². The van der Waals surface area contributed by atoms with Crippen LogP contribution >= 0.6 is 0 Å². The van der Waals surface area contributed by atoms with E-state index >= 15 is 0 Å². The Morgan fingerprint density at radius 2 is 1.93 bits per heavy atom. The van der Waals surface area contributed by atoms with Crippen LogP contribution in [0.3, 0.4) is 0 Å². The monoisotopic (exact) mass is 405 g/mol. The van der Waals surface area contributed by atoms with Crippen LogP contribution < -0.4 is 15.2 Å². The number of nitrogens with one attached hydrogen (secondary N) is 1. The van der Waals surface area contributed by atoms with Gasteiger partial charge in [-0.25, -0.2) is 18.7 Å². The molecule has 0 aliphatic carbocycles. The fourth-order valence-electron chi connectivity index (χ4n) is 2.49. The summed E-state index contributed by atoms with van der Waals surface area (Å²) in [5.74, 6) is -0.354. The molecular weight excluding hydrogens is 388 g/mol. The first kappa shape index (κ1) is 19.6. The Hall–Kier alpha value is -3.11. The highest BCUT2D eigenvalue weighted by atomic mass is 32.2. The second-order valence-corrected chi connectivity index (χ2v) is 8.13. The van der Waals surface area contributed by atoms with Gasteiger partial charge in [-0.3, -0.25) is 9.35 Å². The molecule has 3 aromatic rings. The number of ether oxygens (including phenoxy) is 1. The Bertz CT molecular complexity index is 1140. The van der Waals surface area contributed by atoms with E-state index in [4.69, 9.17) is 9.88 Å². The number of hydrogen-bond acceptors (Lipinski definition) is 6. The number of methoxy groups -OCH3 is 1. The van der Waals surface area contributed by atoms with Gasteiger partial charge < -0.3 is 10.1 Å². The first-order chi connectivity index (χ1) is 13.2. The van der Waals surface area contributed by atoms with Crippen LogP contribution in [0, 0.1) is 11.6 Å². The number of rotatable bonds is 5. The predicted octanol–water partition coefficient (Wildman–Crippen LogP) is 2.51. The second-order valence-electron chi connectivity index (χ2n) is 5.96. The van der Waals surface area contributed by atoms with Crippen LogP contribution in [-0.4, -0.2) is 37.9 Å². The molecule has 7 nitrogen and oxygen atoms in total. The van der Waals surface area contributed by atoms with E-state index < -0.39 is 21.3 Å². The summed E-state index contributed by atoms with van der Waals surface area (Å²) in [5, 5.41) is 9.64. The zero-order chi connectivity index (χ0) is 20.3. The van der Waals surface area contributed by atoms with Gasteiger partial charge in [0.2, 0.25) is 5.95 Å². The van der Waals surface area contributed by atoms with E-state index in [2.05, 4.69) is 20.3 Å². The van der Waals surface area contributed by atoms with Gasteiger partial charge in [0.25, 0.3) is 0 Å². The SMILES string of the molecule is COc1cc(F)ccc1-c1ncnc(Nc2cc(F)cc(C=S(C)(N)=O)c2)n1. The normalized spacial score (nSPS) is 12.9. The summed E-state index contributed by atoms with van der Waals surface area (Å²) in [5.41, 5.74) is 1.15. The molecular formula is C18H17F2N5O2S. The zero-order valence-electron chi connectivity index (χ0n) is 15.0. The van der Waals surface area contributed by atoms with Crippen LogP contribution in [0.15, 0.2) is 42.7 Å². The molecule has 28 heavy (non-hydrogen) atoms. The number of anilines is 2. The summed E-state index contributed by atoms with van der Waals surface area (Å²) in [6.45, 7) is 0. The van der Waals surface area contributed by atoms with Gasteiger partial charge in [-0.05, 0) is 35.9 Å². The summed E-state index contributed by atoms with van der Waals surface area (Å²) in [6.07, 6.45) is 2.61. The summed E-state index contributed by atoms with van der Waals surface area (Å²) in [7, 11) is -1.28. The molecule has 1 aromatic heterocycles. The minimum Gasteiger partial charge on any atom is -0.496 e. The van der Waals surface area contributed by atoms with Gasteiger partial charge in [-0.15, -0.1) is 0 Å². The molecule has 0 spiro atoms. The summed E-state index contributed by atoms with van der Waals surface area (Å²) in [6, 6.07) is 7.97. The maximum Gasteiger partial charge on any atom is 0.230 e. The van der Waals surface area contributed by atoms with Crippen molar-refractivity contribution in [3.05, 3.63) is 59.9 Å². The molecule has 10 heteroatoms. The molecule has 0 amide bonds. The van der Waals surface area contributed by atoms with Crippen molar-refractivity contribution in [3.8, 4) is 17.1 Å². The Morgan fingerprint density at radius 1 is 1.14 bits per heavy atom. The molecule has 146 valence electrons. The van der Waals surface area contributed by atoms with Gasteiger partial charge in [0.05, 0.1) is 12.7 Å². The Morgan fingerprint density at radius 3 is 2.64 bits per heavy atom. The Balaban J connectivity index is 1.95. The van der Waals surface area contributed by atoms with E-state index in [9.17, 15) is 13.0 Å². The lowest BCUT2D eigenvalue weighted by molar-refractivity contribution is 0.412. The number of nitrogens with two attached hydrogens (primary N) is 1. The summed E-state index contributed by atoms with van der Waals surface area (Å²) >= 11 is 0. The van der Waals surface area contributed by atoms with Crippen LogP contribution in [0.1, 0.15) is 5.56 Å². The van der Waals surface area contributed by atoms with Crippen molar-refractivity contribution >= 4 is 26.7 Å². The molecule has 0 aliphatic rings. The van der Waals surface area contributed by atoms with Crippen LogP contribution in [0.5, 0.6) is 5.75 Å². The Kier molecular flexibility index (Phi) is 5.52.